The minimum atomic E-state index is 1.25. The lowest BCUT2D eigenvalue weighted by Gasteiger charge is -1.96. The molecule has 0 unspecified atom stereocenters. The lowest BCUT2D eigenvalue weighted by atomic mass is 10.1. The van der Waals surface area contributed by atoms with Crippen LogP contribution in [0.4, 0.5) is 0 Å². The maximum absolute atomic E-state index is 3.62. The van der Waals surface area contributed by atoms with E-state index in [2.05, 4.69) is 45.6 Å². The average Bonchev–Trinajstić information content (AvgIpc) is 2.18. The van der Waals surface area contributed by atoms with E-state index in [1.165, 1.54) is 17.5 Å². The van der Waals surface area contributed by atoms with Crippen molar-refractivity contribution >= 4 is 6.08 Å². The van der Waals surface area contributed by atoms with E-state index in [1.54, 1.807) is 6.08 Å². The Morgan fingerprint density at radius 1 is 1.21 bits per heavy atom. The normalized spacial score (nSPS) is 9.36. The summed E-state index contributed by atoms with van der Waals surface area (Å²) in [5.74, 6) is 0. The third-order valence-corrected chi connectivity index (χ3v) is 1.60. The van der Waals surface area contributed by atoms with Gasteiger partial charge in [-0.3, -0.25) is 0 Å². The van der Waals surface area contributed by atoms with E-state index in [4.69, 9.17) is 0 Å². The smallest absolute Gasteiger partial charge is 0.0227 e. The molecule has 0 bridgehead atoms. The van der Waals surface area contributed by atoms with Gasteiger partial charge in [-0.1, -0.05) is 69.3 Å². The molecular weight excluding hydrogens is 168 g/mol. The SMILES string of the molecule is C=C/C=C\c1ccccc1C.CCC. The van der Waals surface area contributed by atoms with Crippen LogP contribution in [0.15, 0.2) is 43.0 Å². The van der Waals surface area contributed by atoms with Crippen LogP contribution in [-0.4, -0.2) is 0 Å². The van der Waals surface area contributed by atoms with Gasteiger partial charge in [-0.2, -0.15) is 0 Å². The lowest BCUT2D eigenvalue weighted by molar-refractivity contribution is 1.09. The summed E-state index contributed by atoms with van der Waals surface area (Å²) >= 11 is 0. The summed E-state index contributed by atoms with van der Waals surface area (Å²) in [6, 6.07) is 8.27. The molecule has 0 saturated heterocycles. The summed E-state index contributed by atoms with van der Waals surface area (Å²) in [5, 5.41) is 0. The molecular formula is C14H20. The molecule has 76 valence electrons. The molecule has 0 heteroatoms. The van der Waals surface area contributed by atoms with E-state index in [-0.39, 0.29) is 0 Å². The van der Waals surface area contributed by atoms with Crippen LogP contribution in [0.3, 0.4) is 0 Å². The highest BCUT2D eigenvalue weighted by atomic mass is 13.9. The van der Waals surface area contributed by atoms with Crippen LogP contribution in [0.2, 0.25) is 0 Å². The largest absolute Gasteiger partial charge is 0.0991 e. The minimum absolute atomic E-state index is 1.25. The Morgan fingerprint density at radius 2 is 1.79 bits per heavy atom. The molecule has 0 N–H and O–H groups in total. The summed E-state index contributed by atoms with van der Waals surface area (Å²) in [6.07, 6.45) is 7.04. The van der Waals surface area contributed by atoms with Crippen LogP contribution in [0, 0.1) is 6.92 Å². The number of hydrogen-bond donors (Lipinski definition) is 0. The molecule has 1 rings (SSSR count). The second-order valence-electron chi connectivity index (χ2n) is 3.16. The van der Waals surface area contributed by atoms with Gasteiger partial charge >= 0.3 is 0 Å². The zero-order valence-corrected chi connectivity index (χ0v) is 9.46. The summed E-state index contributed by atoms with van der Waals surface area (Å²) in [5.41, 5.74) is 2.55. The molecule has 0 aliphatic carbocycles. The molecule has 0 amide bonds. The Balaban J connectivity index is 0.000000500. The molecule has 0 fully saturated rings. The van der Waals surface area contributed by atoms with Gasteiger partial charge in [0.05, 0.1) is 0 Å². The third-order valence-electron chi connectivity index (χ3n) is 1.60. The van der Waals surface area contributed by atoms with E-state index in [0.29, 0.717) is 0 Å². The van der Waals surface area contributed by atoms with E-state index in [9.17, 15) is 0 Å². The van der Waals surface area contributed by atoms with Crippen LogP contribution in [0.1, 0.15) is 31.4 Å². The maximum atomic E-state index is 3.62. The van der Waals surface area contributed by atoms with Gasteiger partial charge in [0.2, 0.25) is 0 Å². The van der Waals surface area contributed by atoms with Crippen molar-refractivity contribution in [1.29, 1.82) is 0 Å². The standard InChI is InChI=1S/C11H12.C3H8/c1-3-4-8-11-9-6-5-7-10(11)2;1-3-2/h3-9H,1H2,2H3;3H2,1-2H3/b8-4-;. The predicted molar refractivity (Wildman–Crippen MR) is 66.4 cm³/mol. The molecule has 0 radical (unpaired) electrons. The fourth-order valence-corrected chi connectivity index (χ4v) is 0.945. The van der Waals surface area contributed by atoms with Gasteiger partial charge in [-0.15, -0.1) is 0 Å². The van der Waals surface area contributed by atoms with Crippen LogP contribution < -0.4 is 0 Å². The quantitative estimate of drug-likeness (QED) is 0.594. The van der Waals surface area contributed by atoms with Crippen molar-refractivity contribution in [1.82, 2.24) is 0 Å². The number of rotatable bonds is 2. The molecule has 0 nitrogen and oxygen atoms in total. The van der Waals surface area contributed by atoms with Crippen LogP contribution in [0.5, 0.6) is 0 Å². The van der Waals surface area contributed by atoms with E-state index >= 15 is 0 Å². The Bertz CT molecular complexity index is 282. The van der Waals surface area contributed by atoms with Crippen molar-refractivity contribution in [3.8, 4) is 0 Å². The molecule has 0 aliphatic rings. The fourth-order valence-electron chi connectivity index (χ4n) is 0.945. The van der Waals surface area contributed by atoms with Gasteiger partial charge in [0.25, 0.3) is 0 Å². The summed E-state index contributed by atoms with van der Waals surface area (Å²) in [7, 11) is 0. The maximum Gasteiger partial charge on any atom is -0.0227 e. The first kappa shape index (κ1) is 12.7. The molecule has 0 aliphatic heterocycles. The second kappa shape index (κ2) is 8.31. The first-order valence-electron chi connectivity index (χ1n) is 5.11. The predicted octanol–water partition coefficient (Wildman–Crippen LogP) is 4.61. The molecule has 14 heavy (non-hydrogen) atoms. The van der Waals surface area contributed by atoms with Crippen molar-refractivity contribution in [2.24, 2.45) is 0 Å². The molecule has 1 aromatic rings. The van der Waals surface area contributed by atoms with Crippen molar-refractivity contribution in [2.75, 3.05) is 0 Å². The average molecular weight is 188 g/mol. The van der Waals surface area contributed by atoms with Gasteiger partial charge in [0, 0.05) is 0 Å². The minimum Gasteiger partial charge on any atom is -0.0991 e. The van der Waals surface area contributed by atoms with Gasteiger partial charge < -0.3 is 0 Å². The summed E-state index contributed by atoms with van der Waals surface area (Å²) in [6.45, 7) is 9.97. The molecule has 0 heterocycles. The first-order valence-corrected chi connectivity index (χ1v) is 5.11. The Labute approximate surface area is 88.0 Å². The lowest BCUT2D eigenvalue weighted by Crippen LogP contribution is -1.76. The topological polar surface area (TPSA) is 0 Å². The van der Waals surface area contributed by atoms with Crippen LogP contribution in [0.25, 0.3) is 6.08 Å². The number of aryl methyl sites for hydroxylation is 1. The van der Waals surface area contributed by atoms with Gasteiger partial charge in [0.1, 0.15) is 0 Å². The van der Waals surface area contributed by atoms with Crippen molar-refractivity contribution in [3.05, 3.63) is 54.1 Å². The second-order valence-corrected chi connectivity index (χ2v) is 3.16. The van der Waals surface area contributed by atoms with Crippen LogP contribution in [-0.2, 0) is 0 Å². The zero-order chi connectivity index (χ0) is 10.8. The monoisotopic (exact) mass is 188 g/mol. The molecule has 0 spiro atoms. The summed E-state index contributed by atoms with van der Waals surface area (Å²) < 4.78 is 0. The molecule has 0 atom stereocenters. The van der Waals surface area contributed by atoms with E-state index in [1.807, 2.05) is 18.2 Å². The zero-order valence-electron chi connectivity index (χ0n) is 9.46. The number of allylic oxidation sites excluding steroid dienone is 2. The Morgan fingerprint density at radius 3 is 2.29 bits per heavy atom. The van der Waals surface area contributed by atoms with Crippen molar-refractivity contribution in [3.63, 3.8) is 0 Å². The van der Waals surface area contributed by atoms with Crippen molar-refractivity contribution < 1.29 is 0 Å². The Kier molecular flexibility index (Phi) is 7.53. The number of benzene rings is 1. The van der Waals surface area contributed by atoms with Gasteiger partial charge in [-0.25, -0.2) is 0 Å². The third kappa shape index (κ3) is 5.36. The van der Waals surface area contributed by atoms with Crippen molar-refractivity contribution in [2.45, 2.75) is 27.2 Å². The Hall–Kier alpha value is -1.30. The van der Waals surface area contributed by atoms with Gasteiger partial charge in [0.15, 0.2) is 0 Å². The summed E-state index contributed by atoms with van der Waals surface area (Å²) in [4.78, 5) is 0. The molecule has 1 aromatic carbocycles. The highest BCUT2D eigenvalue weighted by Crippen LogP contribution is 2.08. The van der Waals surface area contributed by atoms with Gasteiger partial charge in [-0.05, 0) is 18.1 Å². The van der Waals surface area contributed by atoms with Crippen LogP contribution >= 0.6 is 0 Å². The van der Waals surface area contributed by atoms with E-state index in [0.717, 1.165) is 0 Å². The highest BCUT2D eigenvalue weighted by Gasteiger charge is 1.88. The molecule has 0 saturated carbocycles. The number of hydrogen-bond acceptors (Lipinski definition) is 0. The fraction of sp³-hybridized carbons (Fsp3) is 0.286. The van der Waals surface area contributed by atoms with E-state index < -0.39 is 0 Å². The first-order chi connectivity index (χ1) is 6.76. The molecule has 0 aromatic heterocycles. The highest BCUT2D eigenvalue weighted by molar-refractivity contribution is 5.54.